The second-order valence-electron chi connectivity index (χ2n) is 5.38. The van der Waals surface area contributed by atoms with Crippen LogP contribution >= 0.6 is 11.6 Å². The summed E-state index contributed by atoms with van der Waals surface area (Å²) < 4.78 is 0. The second kappa shape index (κ2) is 4.51. The van der Waals surface area contributed by atoms with Crippen molar-refractivity contribution in [2.45, 2.75) is 31.6 Å². The standard InChI is InChI=1S/C15H15ClO2/c16-10-3-1-2-9(6-10)13-8-15(18)14-7-11(17)4-5-12(13)14/h1-3,6,12-14H,4-5,7-8H2/t12-,13+,14-/m0/s1. The average Bonchev–Trinajstić information content (AvgIpc) is 2.67. The number of fused-ring (bicyclic) bond motifs is 1. The monoisotopic (exact) mass is 262 g/mol. The molecule has 0 aliphatic heterocycles. The lowest BCUT2D eigenvalue weighted by Gasteiger charge is -2.27. The fourth-order valence-corrected chi connectivity index (χ4v) is 3.68. The molecule has 18 heavy (non-hydrogen) atoms. The molecular weight excluding hydrogens is 248 g/mol. The summed E-state index contributed by atoms with van der Waals surface area (Å²) in [6.45, 7) is 0. The number of hydrogen-bond acceptors (Lipinski definition) is 2. The molecule has 0 amide bonds. The molecule has 0 radical (unpaired) electrons. The smallest absolute Gasteiger partial charge is 0.137 e. The number of rotatable bonds is 1. The minimum Gasteiger partial charge on any atom is -0.300 e. The zero-order chi connectivity index (χ0) is 12.7. The van der Waals surface area contributed by atoms with Crippen LogP contribution in [0.1, 0.15) is 37.2 Å². The molecule has 3 rings (SSSR count). The van der Waals surface area contributed by atoms with E-state index in [1.807, 2.05) is 24.3 Å². The van der Waals surface area contributed by atoms with Crippen LogP contribution in [0.3, 0.4) is 0 Å². The highest BCUT2D eigenvalue weighted by Gasteiger charge is 2.45. The lowest BCUT2D eigenvalue weighted by atomic mass is 9.75. The maximum absolute atomic E-state index is 12.0. The van der Waals surface area contributed by atoms with Crippen molar-refractivity contribution in [2.75, 3.05) is 0 Å². The number of Topliss-reactive ketones (excluding diaryl/α,β-unsaturated/α-hetero) is 2. The average molecular weight is 263 g/mol. The van der Waals surface area contributed by atoms with Crippen LogP contribution in [0, 0.1) is 11.8 Å². The molecule has 0 unspecified atom stereocenters. The SMILES string of the molecule is O=C1CC[C@@H]2[C@H](C1)C(=O)C[C@@H]2c1cccc(Cl)c1. The Labute approximate surface area is 111 Å². The van der Waals surface area contributed by atoms with E-state index in [-0.39, 0.29) is 23.4 Å². The van der Waals surface area contributed by atoms with Gasteiger partial charge in [-0.15, -0.1) is 0 Å². The minimum atomic E-state index is -0.0322. The van der Waals surface area contributed by atoms with Gasteiger partial charge in [0.15, 0.2) is 0 Å². The first-order valence-corrected chi connectivity index (χ1v) is 6.83. The third kappa shape index (κ3) is 1.99. The molecular formula is C15H15ClO2. The van der Waals surface area contributed by atoms with Crippen LogP contribution in [-0.2, 0) is 9.59 Å². The van der Waals surface area contributed by atoms with E-state index < -0.39 is 0 Å². The lowest BCUT2D eigenvalue weighted by molar-refractivity contribution is -0.129. The largest absolute Gasteiger partial charge is 0.300 e. The highest BCUT2D eigenvalue weighted by molar-refractivity contribution is 6.30. The molecule has 0 N–H and O–H groups in total. The Morgan fingerprint density at radius 1 is 1.11 bits per heavy atom. The summed E-state index contributed by atoms with van der Waals surface area (Å²) in [6.07, 6.45) is 2.52. The summed E-state index contributed by atoms with van der Waals surface area (Å²) in [5.41, 5.74) is 1.15. The number of halogens is 1. The quantitative estimate of drug-likeness (QED) is 0.778. The first kappa shape index (κ1) is 11.9. The fraction of sp³-hybridized carbons (Fsp3) is 0.467. The van der Waals surface area contributed by atoms with Gasteiger partial charge in [0.05, 0.1) is 0 Å². The summed E-state index contributed by atoms with van der Waals surface area (Å²) in [4.78, 5) is 23.5. The van der Waals surface area contributed by atoms with Crippen LogP contribution in [-0.4, -0.2) is 11.6 Å². The van der Waals surface area contributed by atoms with Gasteiger partial charge in [-0.3, -0.25) is 9.59 Å². The van der Waals surface area contributed by atoms with Crippen molar-refractivity contribution in [3.8, 4) is 0 Å². The molecule has 0 saturated heterocycles. The number of benzene rings is 1. The highest BCUT2D eigenvalue weighted by Crippen LogP contribution is 2.48. The van der Waals surface area contributed by atoms with Crippen molar-refractivity contribution in [3.63, 3.8) is 0 Å². The molecule has 1 aromatic rings. The van der Waals surface area contributed by atoms with Gasteiger partial charge in [-0.05, 0) is 36.0 Å². The van der Waals surface area contributed by atoms with Gasteiger partial charge in [-0.2, -0.15) is 0 Å². The zero-order valence-corrected chi connectivity index (χ0v) is 10.8. The molecule has 3 heteroatoms. The minimum absolute atomic E-state index is 0.0322. The molecule has 2 nitrogen and oxygen atoms in total. The van der Waals surface area contributed by atoms with Gasteiger partial charge in [0, 0.05) is 30.2 Å². The van der Waals surface area contributed by atoms with Crippen molar-refractivity contribution in [2.24, 2.45) is 11.8 Å². The van der Waals surface area contributed by atoms with E-state index in [0.717, 1.165) is 17.0 Å². The first-order valence-electron chi connectivity index (χ1n) is 6.45. The van der Waals surface area contributed by atoms with Crippen LogP contribution in [0.25, 0.3) is 0 Å². The van der Waals surface area contributed by atoms with Gasteiger partial charge < -0.3 is 0 Å². The fourth-order valence-electron chi connectivity index (χ4n) is 3.48. The van der Waals surface area contributed by atoms with Crippen LogP contribution in [0.15, 0.2) is 24.3 Å². The predicted octanol–water partition coefficient (Wildman–Crippen LogP) is 3.38. The van der Waals surface area contributed by atoms with Gasteiger partial charge in [0.2, 0.25) is 0 Å². The molecule has 2 aliphatic rings. The van der Waals surface area contributed by atoms with Crippen LogP contribution in [0.2, 0.25) is 5.02 Å². The van der Waals surface area contributed by atoms with Crippen LogP contribution in [0.4, 0.5) is 0 Å². The van der Waals surface area contributed by atoms with Crippen LogP contribution < -0.4 is 0 Å². The van der Waals surface area contributed by atoms with Crippen molar-refractivity contribution < 1.29 is 9.59 Å². The first-order chi connectivity index (χ1) is 8.65. The van der Waals surface area contributed by atoms with E-state index in [1.54, 1.807) is 0 Å². The maximum atomic E-state index is 12.0. The Kier molecular flexibility index (Phi) is 2.98. The number of carbonyl (C=O) groups excluding carboxylic acids is 2. The third-order valence-corrected chi connectivity index (χ3v) is 4.58. The van der Waals surface area contributed by atoms with Gasteiger partial charge in [0.25, 0.3) is 0 Å². The normalized spacial score (nSPS) is 31.5. The summed E-state index contributed by atoms with van der Waals surface area (Å²) in [7, 11) is 0. The molecule has 1 aromatic carbocycles. The van der Waals surface area contributed by atoms with Crippen LogP contribution in [0.5, 0.6) is 0 Å². The molecule has 0 heterocycles. The Bertz CT molecular complexity index is 509. The van der Waals surface area contributed by atoms with E-state index in [4.69, 9.17) is 11.6 Å². The zero-order valence-electron chi connectivity index (χ0n) is 10.1. The van der Waals surface area contributed by atoms with Gasteiger partial charge >= 0.3 is 0 Å². The molecule has 3 atom stereocenters. The van der Waals surface area contributed by atoms with Gasteiger partial charge in [0.1, 0.15) is 11.6 Å². The molecule has 2 saturated carbocycles. The molecule has 2 fully saturated rings. The summed E-state index contributed by atoms with van der Waals surface area (Å²) in [5.74, 6) is 1.08. The second-order valence-corrected chi connectivity index (χ2v) is 5.82. The van der Waals surface area contributed by atoms with Crippen molar-refractivity contribution >= 4 is 23.2 Å². The molecule has 2 aliphatic carbocycles. The maximum Gasteiger partial charge on any atom is 0.137 e. The van der Waals surface area contributed by atoms with Crippen molar-refractivity contribution in [1.29, 1.82) is 0 Å². The van der Waals surface area contributed by atoms with Crippen molar-refractivity contribution in [3.05, 3.63) is 34.9 Å². The van der Waals surface area contributed by atoms with E-state index in [0.29, 0.717) is 25.2 Å². The van der Waals surface area contributed by atoms with Gasteiger partial charge in [-0.1, -0.05) is 23.7 Å². The molecule has 94 valence electrons. The Morgan fingerprint density at radius 2 is 1.94 bits per heavy atom. The molecule has 0 aromatic heterocycles. The van der Waals surface area contributed by atoms with E-state index in [1.165, 1.54) is 0 Å². The molecule has 0 spiro atoms. The van der Waals surface area contributed by atoms with E-state index in [9.17, 15) is 9.59 Å². The number of hydrogen-bond donors (Lipinski definition) is 0. The highest BCUT2D eigenvalue weighted by atomic mass is 35.5. The van der Waals surface area contributed by atoms with Gasteiger partial charge in [-0.25, -0.2) is 0 Å². The molecule has 0 bridgehead atoms. The topological polar surface area (TPSA) is 34.1 Å². The summed E-state index contributed by atoms with van der Waals surface area (Å²) >= 11 is 6.02. The Hall–Kier alpha value is -1.15. The number of ketones is 2. The van der Waals surface area contributed by atoms with E-state index >= 15 is 0 Å². The predicted molar refractivity (Wildman–Crippen MR) is 69.7 cm³/mol. The Morgan fingerprint density at radius 3 is 2.72 bits per heavy atom. The lowest BCUT2D eigenvalue weighted by Crippen LogP contribution is -2.26. The summed E-state index contributed by atoms with van der Waals surface area (Å²) in [6, 6.07) is 7.79. The van der Waals surface area contributed by atoms with E-state index in [2.05, 4.69) is 0 Å². The summed E-state index contributed by atoms with van der Waals surface area (Å²) in [5, 5.41) is 0.718. The van der Waals surface area contributed by atoms with Crippen molar-refractivity contribution in [1.82, 2.24) is 0 Å². The Balaban J connectivity index is 1.90. The number of carbonyl (C=O) groups is 2. The third-order valence-electron chi connectivity index (χ3n) is 4.35.